The number of nitrogens with zero attached hydrogens (tertiary/aromatic N) is 4. The molecule has 156 valence electrons. The lowest BCUT2D eigenvalue weighted by Gasteiger charge is -2.34. The molecule has 1 aliphatic rings. The summed E-state index contributed by atoms with van der Waals surface area (Å²) in [5.41, 5.74) is 0.717. The molecule has 2 heterocycles. The zero-order chi connectivity index (χ0) is 20.9. The van der Waals surface area contributed by atoms with Gasteiger partial charge in [0, 0.05) is 31.2 Å². The van der Waals surface area contributed by atoms with Crippen LogP contribution in [-0.2, 0) is 11.3 Å². The number of aromatic nitrogens is 2. The number of hydrogen-bond acceptors (Lipinski definition) is 6. The van der Waals surface area contributed by atoms with Crippen molar-refractivity contribution in [2.75, 3.05) is 32.8 Å². The van der Waals surface area contributed by atoms with E-state index in [9.17, 15) is 4.79 Å². The Labute approximate surface area is 184 Å². The first kappa shape index (κ1) is 20.7. The maximum Gasteiger partial charge on any atom is 0.260 e. The van der Waals surface area contributed by atoms with Crippen molar-refractivity contribution in [3.05, 3.63) is 64.4 Å². The highest BCUT2D eigenvalue weighted by atomic mass is 35.5. The smallest absolute Gasteiger partial charge is 0.260 e. The lowest BCUT2D eigenvalue weighted by Crippen LogP contribution is -2.49. The van der Waals surface area contributed by atoms with E-state index in [0.717, 1.165) is 13.1 Å². The molecule has 0 atom stereocenters. The quantitative estimate of drug-likeness (QED) is 0.573. The standard InChI is InChI=1S/C21H20Cl2N4O3/c22-15-5-7-16(8-6-15)29-14-20(28)27-11-9-26(10-12-27)13-19-24-21(30-25-19)17-3-1-2-4-18(17)23/h1-8H,9-14H2. The van der Waals surface area contributed by atoms with Crippen LogP contribution in [0.4, 0.5) is 0 Å². The van der Waals surface area contributed by atoms with Gasteiger partial charge >= 0.3 is 0 Å². The number of halogens is 2. The number of benzene rings is 2. The number of ether oxygens (including phenoxy) is 1. The number of carbonyl (C=O) groups excluding carboxylic acids is 1. The minimum Gasteiger partial charge on any atom is -0.484 e. The third kappa shape index (κ3) is 5.11. The van der Waals surface area contributed by atoms with E-state index in [1.165, 1.54) is 0 Å². The second kappa shape index (κ2) is 9.47. The fourth-order valence-electron chi connectivity index (χ4n) is 3.18. The van der Waals surface area contributed by atoms with Crippen LogP contribution in [0.3, 0.4) is 0 Å². The van der Waals surface area contributed by atoms with E-state index in [2.05, 4.69) is 15.0 Å². The first-order valence-electron chi connectivity index (χ1n) is 9.54. The number of carbonyl (C=O) groups is 1. The van der Waals surface area contributed by atoms with Crippen LogP contribution in [0.2, 0.25) is 10.0 Å². The van der Waals surface area contributed by atoms with Gasteiger partial charge in [-0.2, -0.15) is 4.98 Å². The van der Waals surface area contributed by atoms with Crippen LogP contribution in [0.5, 0.6) is 5.75 Å². The Kier molecular flexibility index (Phi) is 6.52. The van der Waals surface area contributed by atoms with Crippen LogP contribution in [0.25, 0.3) is 11.5 Å². The summed E-state index contributed by atoms with van der Waals surface area (Å²) in [6.07, 6.45) is 0. The molecule has 3 aromatic rings. The van der Waals surface area contributed by atoms with Gasteiger partial charge in [-0.3, -0.25) is 9.69 Å². The maximum absolute atomic E-state index is 12.4. The first-order valence-corrected chi connectivity index (χ1v) is 10.3. The molecule has 30 heavy (non-hydrogen) atoms. The molecule has 1 aliphatic heterocycles. The van der Waals surface area contributed by atoms with Crippen molar-refractivity contribution in [2.45, 2.75) is 6.54 Å². The number of rotatable bonds is 6. The van der Waals surface area contributed by atoms with E-state index in [1.807, 2.05) is 18.2 Å². The molecule has 1 fully saturated rings. The van der Waals surface area contributed by atoms with Crippen LogP contribution >= 0.6 is 23.2 Å². The number of hydrogen-bond donors (Lipinski definition) is 0. The van der Waals surface area contributed by atoms with Gasteiger partial charge in [0.05, 0.1) is 17.1 Å². The average molecular weight is 447 g/mol. The molecule has 0 unspecified atom stereocenters. The van der Waals surface area contributed by atoms with Gasteiger partial charge < -0.3 is 14.2 Å². The van der Waals surface area contributed by atoms with Gasteiger partial charge in [-0.15, -0.1) is 0 Å². The maximum atomic E-state index is 12.4. The van der Waals surface area contributed by atoms with Crippen molar-refractivity contribution >= 4 is 29.1 Å². The normalized spacial score (nSPS) is 14.7. The molecule has 4 rings (SSSR count). The Hall–Kier alpha value is -2.61. The van der Waals surface area contributed by atoms with E-state index in [-0.39, 0.29) is 12.5 Å². The molecule has 7 nitrogen and oxygen atoms in total. The van der Waals surface area contributed by atoms with Gasteiger partial charge in [-0.25, -0.2) is 0 Å². The van der Waals surface area contributed by atoms with Gasteiger partial charge in [0.1, 0.15) is 5.75 Å². The predicted molar refractivity (Wildman–Crippen MR) is 114 cm³/mol. The Morgan fingerprint density at radius 3 is 2.50 bits per heavy atom. The largest absolute Gasteiger partial charge is 0.484 e. The number of piperazine rings is 1. The van der Waals surface area contributed by atoms with Gasteiger partial charge in [-0.1, -0.05) is 40.5 Å². The fourth-order valence-corrected chi connectivity index (χ4v) is 3.53. The molecule has 0 bridgehead atoms. The topological polar surface area (TPSA) is 71.7 Å². The molecule has 2 aromatic carbocycles. The van der Waals surface area contributed by atoms with Crippen LogP contribution < -0.4 is 4.74 Å². The summed E-state index contributed by atoms with van der Waals surface area (Å²) in [7, 11) is 0. The summed E-state index contributed by atoms with van der Waals surface area (Å²) in [6.45, 7) is 3.26. The molecule has 1 amide bonds. The van der Waals surface area contributed by atoms with Crippen LogP contribution in [-0.4, -0.2) is 58.6 Å². The van der Waals surface area contributed by atoms with E-state index >= 15 is 0 Å². The zero-order valence-electron chi connectivity index (χ0n) is 16.1. The third-order valence-electron chi connectivity index (χ3n) is 4.84. The predicted octanol–water partition coefficient (Wildman–Crippen LogP) is 3.77. The van der Waals surface area contributed by atoms with Crippen molar-refractivity contribution in [2.24, 2.45) is 0 Å². The van der Waals surface area contributed by atoms with Gasteiger partial charge in [0.2, 0.25) is 0 Å². The molecule has 0 radical (unpaired) electrons. The Morgan fingerprint density at radius 2 is 1.77 bits per heavy atom. The summed E-state index contributed by atoms with van der Waals surface area (Å²) in [6, 6.07) is 14.3. The summed E-state index contributed by atoms with van der Waals surface area (Å²) in [5, 5.41) is 5.25. The molecule has 0 saturated carbocycles. The summed E-state index contributed by atoms with van der Waals surface area (Å²) < 4.78 is 10.9. The highest BCUT2D eigenvalue weighted by molar-refractivity contribution is 6.33. The lowest BCUT2D eigenvalue weighted by atomic mass is 10.2. The zero-order valence-corrected chi connectivity index (χ0v) is 17.6. The second-order valence-corrected chi connectivity index (χ2v) is 7.74. The van der Waals surface area contributed by atoms with Gasteiger partial charge in [0.25, 0.3) is 11.8 Å². The van der Waals surface area contributed by atoms with Crippen LogP contribution in [0.15, 0.2) is 53.1 Å². The summed E-state index contributed by atoms with van der Waals surface area (Å²) in [5.74, 6) is 1.59. The van der Waals surface area contributed by atoms with E-state index < -0.39 is 0 Å². The molecule has 9 heteroatoms. The van der Waals surface area contributed by atoms with Gasteiger partial charge in [0.15, 0.2) is 12.4 Å². The van der Waals surface area contributed by atoms with Crippen LogP contribution in [0, 0.1) is 0 Å². The molecule has 1 saturated heterocycles. The molecule has 0 N–H and O–H groups in total. The van der Waals surface area contributed by atoms with Crippen molar-refractivity contribution in [1.29, 1.82) is 0 Å². The highest BCUT2D eigenvalue weighted by Crippen LogP contribution is 2.26. The van der Waals surface area contributed by atoms with Crippen molar-refractivity contribution in [3.63, 3.8) is 0 Å². The van der Waals surface area contributed by atoms with Crippen molar-refractivity contribution in [1.82, 2.24) is 19.9 Å². The number of amides is 1. The van der Waals surface area contributed by atoms with Crippen molar-refractivity contribution in [3.8, 4) is 17.2 Å². The Balaban J connectivity index is 1.25. The van der Waals surface area contributed by atoms with Crippen LogP contribution in [0.1, 0.15) is 5.82 Å². The molecule has 0 aliphatic carbocycles. The monoisotopic (exact) mass is 446 g/mol. The minimum atomic E-state index is -0.0369. The average Bonchev–Trinajstić information content (AvgIpc) is 3.22. The third-order valence-corrected chi connectivity index (χ3v) is 5.42. The molecular weight excluding hydrogens is 427 g/mol. The SMILES string of the molecule is O=C(COc1ccc(Cl)cc1)N1CCN(Cc2noc(-c3ccccc3Cl)n2)CC1. The van der Waals surface area contributed by atoms with Gasteiger partial charge in [-0.05, 0) is 36.4 Å². The molecule has 0 spiro atoms. The van der Waals surface area contributed by atoms with E-state index in [0.29, 0.717) is 52.7 Å². The fraction of sp³-hybridized carbons (Fsp3) is 0.286. The summed E-state index contributed by atoms with van der Waals surface area (Å²) in [4.78, 5) is 20.8. The minimum absolute atomic E-state index is 0.00761. The van der Waals surface area contributed by atoms with Crippen molar-refractivity contribution < 1.29 is 14.1 Å². The van der Waals surface area contributed by atoms with E-state index in [4.69, 9.17) is 32.5 Å². The Bertz CT molecular complexity index is 1000. The summed E-state index contributed by atoms with van der Waals surface area (Å²) >= 11 is 12.0. The second-order valence-electron chi connectivity index (χ2n) is 6.90. The highest BCUT2D eigenvalue weighted by Gasteiger charge is 2.23. The Morgan fingerprint density at radius 1 is 1.03 bits per heavy atom. The lowest BCUT2D eigenvalue weighted by molar-refractivity contribution is -0.135. The molecular formula is C21H20Cl2N4O3. The van der Waals surface area contributed by atoms with E-state index in [1.54, 1.807) is 35.2 Å². The molecule has 1 aromatic heterocycles. The first-order chi connectivity index (χ1) is 14.6.